The van der Waals surface area contributed by atoms with Gasteiger partial charge in [-0.05, 0) is 49.5 Å². The average Bonchev–Trinajstić information content (AvgIpc) is 2.71. The van der Waals surface area contributed by atoms with E-state index in [0.717, 1.165) is 30.5 Å². The number of fused-ring (bicyclic) bond motifs is 2. The monoisotopic (exact) mass is 345 g/mol. The van der Waals surface area contributed by atoms with E-state index in [-0.39, 0.29) is 17.8 Å². The van der Waals surface area contributed by atoms with Crippen LogP contribution >= 0.6 is 0 Å². The fraction of sp³-hybridized carbons (Fsp3) is 0.650. The normalized spacial score (nSPS) is 28.5. The molecule has 0 aromatic carbocycles. The summed E-state index contributed by atoms with van der Waals surface area (Å²) >= 11 is 0. The lowest BCUT2D eigenvalue weighted by Crippen LogP contribution is -2.33. The predicted molar refractivity (Wildman–Crippen MR) is 93.5 cm³/mol. The number of rotatable bonds is 4. The molecule has 3 rings (SSSR count). The van der Waals surface area contributed by atoms with Crippen molar-refractivity contribution in [2.24, 2.45) is 17.8 Å². The van der Waals surface area contributed by atoms with Crippen LogP contribution in [0.25, 0.3) is 0 Å². The Balaban J connectivity index is 1.95. The quantitative estimate of drug-likeness (QED) is 0.783. The third kappa shape index (κ3) is 3.86. The van der Waals surface area contributed by atoms with Crippen molar-refractivity contribution in [2.75, 3.05) is 13.7 Å². The number of methoxy groups -OCH3 is 1. The summed E-state index contributed by atoms with van der Waals surface area (Å²) in [6.07, 6.45) is 3.50. The second-order valence-electron chi connectivity index (χ2n) is 7.41. The number of Topliss-reactive ketones (excluding diaryl/α,β-unsaturated/α-hetero) is 1. The number of ketones is 1. The molecule has 0 amide bonds. The summed E-state index contributed by atoms with van der Waals surface area (Å²) < 4.78 is 10.4. The summed E-state index contributed by atoms with van der Waals surface area (Å²) in [4.78, 5) is 29.4. The third-order valence-electron chi connectivity index (χ3n) is 5.58. The van der Waals surface area contributed by atoms with E-state index >= 15 is 0 Å². The number of aromatic nitrogens is 1. The van der Waals surface area contributed by atoms with E-state index in [0.29, 0.717) is 42.9 Å². The molecule has 25 heavy (non-hydrogen) atoms. The minimum absolute atomic E-state index is 0.0141. The maximum Gasteiger partial charge on any atom is 0.306 e. The van der Waals surface area contributed by atoms with E-state index in [4.69, 9.17) is 9.47 Å². The lowest BCUT2D eigenvalue weighted by molar-refractivity contribution is -0.144. The highest BCUT2D eigenvalue weighted by molar-refractivity contribution is 5.82. The maximum atomic E-state index is 12.7. The Morgan fingerprint density at radius 2 is 2.08 bits per heavy atom. The summed E-state index contributed by atoms with van der Waals surface area (Å²) in [5.74, 6) is 1.46. The number of ether oxygens (including phenoxy) is 2. The van der Waals surface area contributed by atoms with E-state index in [2.05, 4.69) is 11.9 Å². The lowest BCUT2D eigenvalue weighted by Gasteiger charge is -2.33. The highest BCUT2D eigenvalue weighted by atomic mass is 16.5. The number of carbonyl (C=O) groups is 2. The maximum absolute atomic E-state index is 12.7. The Bertz CT molecular complexity index is 657. The Hall–Kier alpha value is -1.91. The molecule has 1 heterocycles. The molecule has 4 atom stereocenters. The van der Waals surface area contributed by atoms with Crippen molar-refractivity contribution in [1.29, 1.82) is 0 Å². The molecule has 0 aliphatic heterocycles. The van der Waals surface area contributed by atoms with Gasteiger partial charge in [-0.25, -0.2) is 4.98 Å². The predicted octanol–water partition coefficient (Wildman–Crippen LogP) is 3.30. The number of hydrogen-bond donors (Lipinski definition) is 0. The zero-order valence-corrected chi connectivity index (χ0v) is 15.3. The molecule has 0 unspecified atom stereocenters. The van der Waals surface area contributed by atoms with Gasteiger partial charge in [-0.15, -0.1) is 0 Å². The largest absolute Gasteiger partial charge is 0.481 e. The Kier molecular flexibility index (Phi) is 5.40. The summed E-state index contributed by atoms with van der Waals surface area (Å²) in [6.45, 7) is 4.34. The van der Waals surface area contributed by atoms with Crippen molar-refractivity contribution in [3.8, 4) is 5.88 Å². The minimum Gasteiger partial charge on any atom is -0.481 e. The average molecular weight is 345 g/mol. The van der Waals surface area contributed by atoms with Crippen molar-refractivity contribution in [2.45, 2.75) is 51.9 Å². The highest BCUT2D eigenvalue weighted by Crippen LogP contribution is 2.44. The van der Waals surface area contributed by atoms with Gasteiger partial charge in [0.15, 0.2) is 0 Å². The minimum atomic E-state index is -0.204. The van der Waals surface area contributed by atoms with Gasteiger partial charge in [-0.2, -0.15) is 0 Å². The lowest BCUT2D eigenvalue weighted by atomic mass is 9.70. The van der Waals surface area contributed by atoms with Crippen LogP contribution in [0.5, 0.6) is 5.88 Å². The van der Waals surface area contributed by atoms with Crippen LogP contribution in [0, 0.1) is 17.8 Å². The first-order valence-corrected chi connectivity index (χ1v) is 9.23. The van der Waals surface area contributed by atoms with Crippen molar-refractivity contribution >= 4 is 11.8 Å². The zero-order valence-electron chi connectivity index (χ0n) is 15.3. The molecule has 5 heteroatoms. The van der Waals surface area contributed by atoms with Crippen molar-refractivity contribution in [3.63, 3.8) is 0 Å². The molecule has 1 aromatic rings. The van der Waals surface area contributed by atoms with Crippen LogP contribution < -0.4 is 4.74 Å². The SMILES string of the molecule is CCOC(=O)C[C@H]1C[C@H]2C(=O)C[C@H](C)C[C@H]2Cc2nc(OC)ccc21. The molecular weight excluding hydrogens is 318 g/mol. The van der Waals surface area contributed by atoms with Crippen LogP contribution in [0.2, 0.25) is 0 Å². The molecule has 1 aromatic heterocycles. The van der Waals surface area contributed by atoms with Gasteiger partial charge in [0.25, 0.3) is 0 Å². The Morgan fingerprint density at radius 3 is 2.80 bits per heavy atom. The number of hydrogen-bond acceptors (Lipinski definition) is 5. The highest BCUT2D eigenvalue weighted by Gasteiger charge is 2.40. The first kappa shape index (κ1) is 17.9. The second-order valence-corrected chi connectivity index (χ2v) is 7.41. The fourth-order valence-corrected chi connectivity index (χ4v) is 4.51. The number of nitrogens with zero attached hydrogens (tertiary/aromatic N) is 1. The summed E-state index contributed by atoms with van der Waals surface area (Å²) in [7, 11) is 1.61. The van der Waals surface area contributed by atoms with Gasteiger partial charge in [-0.3, -0.25) is 9.59 Å². The van der Waals surface area contributed by atoms with Gasteiger partial charge in [0.1, 0.15) is 5.78 Å². The second kappa shape index (κ2) is 7.54. The van der Waals surface area contributed by atoms with E-state index in [1.54, 1.807) is 7.11 Å². The number of carbonyl (C=O) groups excluding carboxylic acids is 2. The van der Waals surface area contributed by atoms with Crippen LogP contribution in [-0.4, -0.2) is 30.5 Å². The first-order valence-electron chi connectivity index (χ1n) is 9.23. The topological polar surface area (TPSA) is 65.5 Å². The molecule has 0 bridgehead atoms. The van der Waals surface area contributed by atoms with Crippen molar-refractivity contribution in [3.05, 3.63) is 23.4 Å². The van der Waals surface area contributed by atoms with E-state index in [9.17, 15) is 9.59 Å². The smallest absolute Gasteiger partial charge is 0.306 e. The van der Waals surface area contributed by atoms with Crippen LogP contribution in [0.1, 0.15) is 56.7 Å². The Morgan fingerprint density at radius 1 is 1.28 bits per heavy atom. The van der Waals surface area contributed by atoms with Gasteiger partial charge >= 0.3 is 5.97 Å². The standard InChI is InChI=1S/C20H27NO4/c1-4-25-20(23)11-14-9-16-13(7-12(2)8-18(16)22)10-17-15(14)5-6-19(21-17)24-3/h5-6,12-14,16H,4,7-11H2,1-3H3/t12-,13+,14-,16-/m1/s1. The molecule has 0 N–H and O–H groups in total. The van der Waals surface area contributed by atoms with Crippen LogP contribution in [-0.2, 0) is 20.7 Å². The van der Waals surface area contributed by atoms with Crippen LogP contribution in [0.15, 0.2) is 12.1 Å². The number of pyridine rings is 1. The van der Waals surface area contributed by atoms with Gasteiger partial charge in [0.05, 0.1) is 20.1 Å². The molecule has 1 saturated carbocycles. The molecule has 5 nitrogen and oxygen atoms in total. The summed E-state index contributed by atoms with van der Waals surface area (Å²) in [5, 5.41) is 0. The molecule has 0 saturated heterocycles. The molecule has 2 aliphatic rings. The molecule has 1 fully saturated rings. The first-order chi connectivity index (χ1) is 12.0. The van der Waals surface area contributed by atoms with Gasteiger partial charge in [0.2, 0.25) is 5.88 Å². The third-order valence-corrected chi connectivity index (χ3v) is 5.58. The van der Waals surface area contributed by atoms with Crippen LogP contribution in [0.4, 0.5) is 0 Å². The fourth-order valence-electron chi connectivity index (χ4n) is 4.51. The summed E-state index contributed by atoms with van der Waals surface area (Å²) in [6, 6.07) is 3.85. The summed E-state index contributed by atoms with van der Waals surface area (Å²) in [5.41, 5.74) is 2.05. The Labute approximate surface area is 149 Å². The van der Waals surface area contributed by atoms with Crippen molar-refractivity contribution < 1.29 is 19.1 Å². The van der Waals surface area contributed by atoms with E-state index in [1.807, 2.05) is 19.1 Å². The van der Waals surface area contributed by atoms with Crippen LogP contribution in [0.3, 0.4) is 0 Å². The molecule has 0 spiro atoms. The molecular formula is C20H27NO4. The van der Waals surface area contributed by atoms with E-state index in [1.165, 1.54) is 0 Å². The van der Waals surface area contributed by atoms with Gasteiger partial charge in [0, 0.05) is 24.1 Å². The zero-order chi connectivity index (χ0) is 18.0. The van der Waals surface area contributed by atoms with E-state index < -0.39 is 0 Å². The molecule has 2 aliphatic carbocycles. The van der Waals surface area contributed by atoms with Crippen molar-refractivity contribution in [1.82, 2.24) is 4.98 Å². The molecule has 136 valence electrons. The van der Waals surface area contributed by atoms with Gasteiger partial charge < -0.3 is 9.47 Å². The van der Waals surface area contributed by atoms with Gasteiger partial charge in [-0.1, -0.05) is 13.0 Å². The molecule has 0 radical (unpaired) electrons. The number of esters is 1.